The molecule has 3 aromatic heterocycles. The van der Waals surface area contributed by atoms with Crippen LogP contribution in [0.25, 0.3) is 31.8 Å². The molecule has 2 N–H and O–H groups in total. The molecule has 206 valence electrons. The van der Waals surface area contributed by atoms with Gasteiger partial charge in [-0.25, -0.2) is 34.1 Å². The predicted molar refractivity (Wildman–Crippen MR) is 148 cm³/mol. The van der Waals surface area contributed by atoms with Crippen molar-refractivity contribution < 1.29 is 28.5 Å². The van der Waals surface area contributed by atoms with Crippen LogP contribution in [0.5, 0.6) is 11.6 Å². The van der Waals surface area contributed by atoms with Gasteiger partial charge in [-0.3, -0.25) is 5.32 Å². The van der Waals surface area contributed by atoms with Gasteiger partial charge in [0, 0.05) is 18.1 Å². The van der Waals surface area contributed by atoms with Gasteiger partial charge in [0.2, 0.25) is 5.88 Å². The summed E-state index contributed by atoms with van der Waals surface area (Å²) in [6.07, 6.45) is 3.88. The molecule has 0 saturated carbocycles. The summed E-state index contributed by atoms with van der Waals surface area (Å²) in [6.45, 7) is 1.58. The van der Waals surface area contributed by atoms with Crippen LogP contribution in [-0.4, -0.2) is 63.1 Å². The third kappa shape index (κ3) is 5.86. The number of hydrogen-bond donors (Lipinski definition) is 2. The Morgan fingerprint density at radius 1 is 1.10 bits per heavy atom. The number of nitrogens with zero attached hydrogens (tertiary/aromatic N) is 5. The number of methoxy groups -OCH3 is 1. The van der Waals surface area contributed by atoms with Crippen LogP contribution < -0.4 is 14.8 Å². The molecule has 0 unspecified atom stereocenters. The number of benzene rings is 2. The molecule has 1 amide bonds. The normalized spacial score (nSPS) is 11.1. The number of aromatic nitrogens is 5. The van der Waals surface area contributed by atoms with Gasteiger partial charge in [0.15, 0.2) is 11.6 Å². The fraction of sp³-hybridized carbons (Fsp3) is 0.231. The smallest absolute Gasteiger partial charge is 0.411 e. The van der Waals surface area contributed by atoms with Crippen molar-refractivity contribution in [2.75, 3.05) is 32.2 Å². The van der Waals surface area contributed by atoms with E-state index >= 15 is 4.39 Å². The van der Waals surface area contributed by atoms with Crippen LogP contribution in [-0.2, 0) is 11.2 Å². The lowest BCUT2D eigenvalue weighted by Crippen LogP contribution is -2.18. The molecule has 14 heteroatoms. The van der Waals surface area contributed by atoms with Gasteiger partial charge in [0.25, 0.3) is 0 Å². The second-order valence-electron chi connectivity index (χ2n) is 8.43. The first kappa shape index (κ1) is 27.4. The second-order valence-corrected chi connectivity index (χ2v) is 9.84. The van der Waals surface area contributed by atoms with E-state index in [1.807, 2.05) is 19.1 Å². The van der Waals surface area contributed by atoms with E-state index < -0.39 is 11.9 Å². The third-order valence-corrected chi connectivity index (χ3v) is 6.98. The number of carbonyl (C=O) groups is 1. The van der Waals surface area contributed by atoms with Crippen molar-refractivity contribution in [2.24, 2.45) is 0 Å². The highest BCUT2D eigenvalue weighted by Crippen LogP contribution is 2.40. The lowest BCUT2D eigenvalue weighted by Gasteiger charge is -2.10. The van der Waals surface area contributed by atoms with E-state index in [4.69, 9.17) is 30.9 Å². The number of aliphatic hydroxyl groups excluding tert-OH is 1. The molecule has 40 heavy (non-hydrogen) atoms. The van der Waals surface area contributed by atoms with Crippen LogP contribution >= 0.6 is 22.9 Å². The number of amides is 1. The van der Waals surface area contributed by atoms with Gasteiger partial charge >= 0.3 is 6.09 Å². The highest BCUT2D eigenvalue weighted by Gasteiger charge is 2.20. The Kier molecular flexibility index (Phi) is 8.14. The average Bonchev–Trinajstić information content (AvgIpc) is 3.38. The molecule has 0 atom stereocenters. The number of ether oxygens (including phenoxy) is 3. The molecule has 11 nitrogen and oxygen atoms in total. The standard InChI is InChI=1S/C26H22ClFN6O5S/c1-13-7-15(23-16(8-13)33-20(37-2)12-31-23)25-34-24-18(40-25)9-17(22(28)21(24)27)38-5-6-39-26(36)32-14-10-29-19(3-4-35)30-11-14/h7-12,35H,3-6H2,1-2H3,(H,32,36). The highest BCUT2D eigenvalue weighted by atomic mass is 35.5. The predicted octanol–water partition coefficient (Wildman–Crippen LogP) is 4.97. The maximum Gasteiger partial charge on any atom is 0.411 e. The SMILES string of the molecule is COc1cnc2c(-c3nc4c(Cl)c(F)c(OCCOC(=O)Nc5cnc(CCO)nc5)cc4s3)cc(C)cc2n1. The molecule has 5 rings (SSSR count). The Morgan fingerprint density at radius 2 is 1.90 bits per heavy atom. The van der Waals surface area contributed by atoms with E-state index in [2.05, 4.69) is 30.2 Å². The highest BCUT2D eigenvalue weighted by molar-refractivity contribution is 7.21. The summed E-state index contributed by atoms with van der Waals surface area (Å²) in [5.74, 6) is -0.0248. The molecule has 0 radical (unpaired) electrons. The number of carbonyl (C=O) groups excluding carboxylic acids is 1. The van der Waals surface area contributed by atoms with Crippen LogP contribution in [0.1, 0.15) is 11.4 Å². The van der Waals surface area contributed by atoms with E-state index in [-0.39, 0.29) is 30.6 Å². The van der Waals surface area contributed by atoms with Crippen molar-refractivity contribution in [3.8, 4) is 22.2 Å². The van der Waals surface area contributed by atoms with Crippen molar-refractivity contribution in [1.29, 1.82) is 0 Å². The Bertz CT molecular complexity index is 1700. The number of anilines is 1. The Hall–Kier alpha value is -4.20. The Labute approximate surface area is 236 Å². The molecule has 0 fully saturated rings. The summed E-state index contributed by atoms with van der Waals surface area (Å²) >= 11 is 7.64. The molecule has 2 aromatic carbocycles. The number of hydrogen-bond acceptors (Lipinski definition) is 11. The van der Waals surface area contributed by atoms with Crippen molar-refractivity contribution in [3.05, 3.63) is 59.0 Å². The molecule has 0 aliphatic rings. The van der Waals surface area contributed by atoms with Gasteiger partial charge in [-0.15, -0.1) is 11.3 Å². The average molecular weight is 585 g/mol. The zero-order chi connectivity index (χ0) is 28.2. The largest absolute Gasteiger partial charge is 0.487 e. The van der Waals surface area contributed by atoms with Crippen LogP contribution in [0.15, 0.2) is 36.8 Å². The van der Waals surface area contributed by atoms with Gasteiger partial charge < -0.3 is 19.3 Å². The summed E-state index contributed by atoms with van der Waals surface area (Å²) in [5.41, 5.74) is 3.57. The van der Waals surface area contributed by atoms with Crippen LogP contribution in [0.4, 0.5) is 14.9 Å². The van der Waals surface area contributed by atoms with Gasteiger partial charge in [-0.05, 0) is 24.6 Å². The van der Waals surface area contributed by atoms with E-state index in [9.17, 15) is 4.79 Å². The van der Waals surface area contributed by atoms with Gasteiger partial charge in [0.05, 0.1) is 53.7 Å². The van der Waals surface area contributed by atoms with E-state index in [0.717, 1.165) is 11.1 Å². The van der Waals surface area contributed by atoms with Crippen molar-refractivity contribution in [2.45, 2.75) is 13.3 Å². The first-order valence-corrected chi connectivity index (χ1v) is 13.1. The van der Waals surface area contributed by atoms with Crippen molar-refractivity contribution >= 4 is 56.0 Å². The van der Waals surface area contributed by atoms with Crippen LogP contribution in [0.2, 0.25) is 5.02 Å². The first-order valence-electron chi connectivity index (χ1n) is 11.9. The van der Waals surface area contributed by atoms with Crippen LogP contribution in [0, 0.1) is 12.7 Å². The van der Waals surface area contributed by atoms with Crippen LogP contribution in [0.3, 0.4) is 0 Å². The summed E-state index contributed by atoms with van der Waals surface area (Å²) < 4.78 is 31.4. The molecule has 3 heterocycles. The molecular weight excluding hydrogens is 563 g/mol. The molecular formula is C26H22ClFN6O5S. The first-order chi connectivity index (χ1) is 19.4. The fourth-order valence-electron chi connectivity index (χ4n) is 3.80. The maximum absolute atomic E-state index is 15.0. The van der Waals surface area contributed by atoms with E-state index in [1.54, 1.807) is 0 Å². The molecule has 0 bridgehead atoms. The number of nitrogens with one attached hydrogen (secondary N) is 1. The topological polar surface area (TPSA) is 141 Å². The fourth-order valence-corrected chi connectivity index (χ4v) is 5.11. The number of rotatable bonds is 9. The summed E-state index contributed by atoms with van der Waals surface area (Å²) in [7, 11) is 1.52. The van der Waals surface area contributed by atoms with Crippen molar-refractivity contribution in [3.63, 3.8) is 0 Å². The lowest BCUT2D eigenvalue weighted by molar-refractivity contribution is 0.136. The molecule has 5 aromatic rings. The minimum Gasteiger partial charge on any atom is -0.487 e. The summed E-state index contributed by atoms with van der Waals surface area (Å²) in [6, 6.07) is 5.34. The minimum atomic E-state index is -0.769. The zero-order valence-electron chi connectivity index (χ0n) is 21.3. The molecule has 0 spiro atoms. The van der Waals surface area contributed by atoms with E-state index in [1.165, 1.54) is 43.1 Å². The second kappa shape index (κ2) is 11.9. The summed E-state index contributed by atoms with van der Waals surface area (Å²) in [4.78, 5) is 33.6. The van der Waals surface area contributed by atoms with E-state index in [0.29, 0.717) is 50.1 Å². The lowest BCUT2D eigenvalue weighted by atomic mass is 10.1. The zero-order valence-corrected chi connectivity index (χ0v) is 22.8. The number of thiazole rings is 1. The van der Waals surface area contributed by atoms with Crippen molar-refractivity contribution in [1.82, 2.24) is 24.9 Å². The Balaban J connectivity index is 1.28. The maximum atomic E-state index is 15.0. The van der Waals surface area contributed by atoms with Gasteiger partial charge in [-0.1, -0.05) is 11.6 Å². The minimum absolute atomic E-state index is 0.0766. The van der Waals surface area contributed by atoms with Gasteiger partial charge in [0.1, 0.15) is 34.6 Å². The monoisotopic (exact) mass is 584 g/mol. The molecule has 0 saturated heterocycles. The quantitative estimate of drug-likeness (QED) is 0.228. The van der Waals surface area contributed by atoms with Gasteiger partial charge in [-0.2, -0.15) is 0 Å². The number of aliphatic hydroxyl groups is 1. The molecule has 0 aliphatic heterocycles. The summed E-state index contributed by atoms with van der Waals surface area (Å²) in [5, 5.41) is 11.8. The number of fused-ring (bicyclic) bond motifs is 2. The number of aryl methyl sites for hydroxylation is 1. The number of halogens is 2. The third-order valence-electron chi connectivity index (χ3n) is 5.60. The Morgan fingerprint density at radius 3 is 2.65 bits per heavy atom. The molecule has 0 aliphatic carbocycles.